The molecule has 1 aliphatic rings. The van der Waals surface area contributed by atoms with E-state index in [0.29, 0.717) is 25.6 Å². The molecule has 1 heterocycles. The summed E-state index contributed by atoms with van der Waals surface area (Å²) in [6.07, 6.45) is 1.87. The van der Waals surface area contributed by atoms with Crippen LogP contribution in [0.4, 0.5) is 0 Å². The summed E-state index contributed by atoms with van der Waals surface area (Å²) in [6.45, 7) is 3.67. The van der Waals surface area contributed by atoms with Gasteiger partial charge in [-0.05, 0) is 19.4 Å². The van der Waals surface area contributed by atoms with E-state index in [1.807, 2.05) is 0 Å². The molecule has 0 aromatic heterocycles. The monoisotopic (exact) mass is 230 g/mol. The zero-order chi connectivity index (χ0) is 11.8. The maximum Gasteiger partial charge on any atom is 0.248 e. The molecule has 1 amide bonds. The third kappa shape index (κ3) is 4.92. The second kappa shape index (κ2) is 7.60. The zero-order valence-corrected chi connectivity index (χ0v) is 9.98. The second-order valence-electron chi connectivity index (χ2n) is 4.20. The van der Waals surface area contributed by atoms with Crippen LogP contribution in [0.2, 0.25) is 0 Å². The van der Waals surface area contributed by atoms with Crippen LogP contribution in [0.1, 0.15) is 12.8 Å². The summed E-state index contributed by atoms with van der Waals surface area (Å²) in [5, 5.41) is 0. The van der Waals surface area contributed by atoms with Crippen molar-refractivity contribution < 1.29 is 14.3 Å². The van der Waals surface area contributed by atoms with Gasteiger partial charge in [0, 0.05) is 26.1 Å². The van der Waals surface area contributed by atoms with Crippen molar-refractivity contribution in [2.45, 2.75) is 12.8 Å². The fraction of sp³-hybridized carbons (Fsp3) is 0.909. The SMILES string of the molecule is CN(CCCN)C(=O)COCC1CCOC1. The van der Waals surface area contributed by atoms with E-state index in [-0.39, 0.29) is 12.5 Å². The quantitative estimate of drug-likeness (QED) is 0.660. The predicted octanol–water partition coefficient (Wildman–Crippen LogP) is -0.153. The van der Waals surface area contributed by atoms with Crippen LogP contribution < -0.4 is 5.73 Å². The summed E-state index contributed by atoms with van der Waals surface area (Å²) in [7, 11) is 1.78. The molecule has 1 unspecified atom stereocenters. The molecule has 0 spiro atoms. The van der Waals surface area contributed by atoms with Crippen LogP contribution in [-0.4, -0.2) is 57.4 Å². The Labute approximate surface area is 96.9 Å². The van der Waals surface area contributed by atoms with Gasteiger partial charge in [-0.3, -0.25) is 4.79 Å². The van der Waals surface area contributed by atoms with Gasteiger partial charge in [-0.2, -0.15) is 0 Å². The van der Waals surface area contributed by atoms with Gasteiger partial charge in [0.15, 0.2) is 0 Å². The highest BCUT2D eigenvalue weighted by atomic mass is 16.5. The Balaban J connectivity index is 2.04. The maximum absolute atomic E-state index is 11.6. The maximum atomic E-state index is 11.6. The summed E-state index contributed by atoms with van der Waals surface area (Å²) >= 11 is 0. The average molecular weight is 230 g/mol. The van der Waals surface area contributed by atoms with E-state index in [1.165, 1.54) is 0 Å². The van der Waals surface area contributed by atoms with E-state index < -0.39 is 0 Å². The third-order valence-electron chi connectivity index (χ3n) is 2.73. The van der Waals surface area contributed by atoms with Gasteiger partial charge in [0.1, 0.15) is 6.61 Å². The Kier molecular flexibility index (Phi) is 6.37. The number of carbonyl (C=O) groups excluding carboxylic acids is 1. The number of carbonyl (C=O) groups is 1. The molecule has 16 heavy (non-hydrogen) atoms. The molecule has 1 rings (SSSR count). The van der Waals surface area contributed by atoms with E-state index in [4.69, 9.17) is 15.2 Å². The van der Waals surface area contributed by atoms with Crippen molar-refractivity contribution in [3.63, 3.8) is 0 Å². The van der Waals surface area contributed by atoms with Crippen LogP contribution in [0.5, 0.6) is 0 Å². The van der Waals surface area contributed by atoms with Crippen LogP contribution in [-0.2, 0) is 14.3 Å². The summed E-state index contributed by atoms with van der Waals surface area (Å²) in [5.41, 5.74) is 5.38. The van der Waals surface area contributed by atoms with Crippen molar-refractivity contribution in [3.05, 3.63) is 0 Å². The zero-order valence-electron chi connectivity index (χ0n) is 9.98. The standard InChI is InChI=1S/C11H22N2O3/c1-13(5-2-4-12)11(14)9-16-8-10-3-6-15-7-10/h10H,2-9,12H2,1H3. The van der Waals surface area contributed by atoms with Crippen LogP contribution in [0.25, 0.3) is 0 Å². The van der Waals surface area contributed by atoms with Crippen molar-refractivity contribution >= 4 is 5.91 Å². The summed E-state index contributed by atoms with van der Waals surface area (Å²) in [4.78, 5) is 13.2. The van der Waals surface area contributed by atoms with Gasteiger partial charge in [0.05, 0.1) is 13.2 Å². The van der Waals surface area contributed by atoms with E-state index in [0.717, 1.165) is 26.1 Å². The van der Waals surface area contributed by atoms with Gasteiger partial charge >= 0.3 is 0 Å². The van der Waals surface area contributed by atoms with Crippen molar-refractivity contribution in [2.24, 2.45) is 11.7 Å². The van der Waals surface area contributed by atoms with E-state index in [2.05, 4.69) is 0 Å². The lowest BCUT2D eigenvalue weighted by molar-refractivity contribution is -0.135. The molecule has 0 bridgehead atoms. The molecule has 5 heteroatoms. The fourth-order valence-electron chi connectivity index (χ4n) is 1.59. The molecule has 1 aliphatic heterocycles. The molecule has 0 aliphatic carbocycles. The first-order valence-electron chi connectivity index (χ1n) is 5.83. The Hall–Kier alpha value is -0.650. The number of rotatable bonds is 7. The van der Waals surface area contributed by atoms with Gasteiger partial charge < -0.3 is 20.1 Å². The van der Waals surface area contributed by atoms with Gasteiger partial charge in [0.2, 0.25) is 5.91 Å². The van der Waals surface area contributed by atoms with E-state index in [1.54, 1.807) is 11.9 Å². The van der Waals surface area contributed by atoms with Crippen LogP contribution in [0.15, 0.2) is 0 Å². The third-order valence-corrected chi connectivity index (χ3v) is 2.73. The number of amides is 1. The van der Waals surface area contributed by atoms with Crippen molar-refractivity contribution in [3.8, 4) is 0 Å². The molecule has 1 atom stereocenters. The first-order chi connectivity index (χ1) is 7.74. The molecule has 94 valence electrons. The summed E-state index contributed by atoms with van der Waals surface area (Å²) < 4.78 is 10.6. The van der Waals surface area contributed by atoms with Gasteiger partial charge in [0.25, 0.3) is 0 Å². The average Bonchev–Trinajstić information content (AvgIpc) is 2.78. The topological polar surface area (TPSA) is 64.8 Å². The lowest BCUT2D eigenvalue weighted by atomic mass is 10.1. The van der Waals surface area contributed by atoms with Gasteiger partial charge in [-0.1, -0.05) is 0 Å². The number of ether oxygens (including phenoxy) is 2. The molecule has 5 nitrogen and oxygen atoms in total. The molecular weight excluding hydrogens is 208 g/mol. The Bertz CT molecular complexity index is 205. The number of nitrogens with zero attached hydrogens (tertiary/aromatic N) is 1. The van der Waals surface area contributed by atoms with Crippen molar-refractivity contribution in [1.82, 2.24) is 4.90 Å². The van der Waals surface area contributed by atoms with E-state index >= 15 is 0 Å². The largest absolute Gasteiger partial charge is 0.381 e. The molecule has 1 saturated heterocycles. The van der Waals surface area contributed by atoms with Crippen molar-refractivity contribution in [1.29, 1.82) is 0 Å². The van der Waals surface area contributed by atoms with Crippen LogP contribution >= 0.6 is 0 Å². The first-order valence-corrected chi connectivity index (χ1v) is 5.83. The van der Waals surface area contributed by atoms with Crippen LogP contribution in [0.3, 0.4) is 0 Å². The molecule has 0 radical (unpaired) electrons. The minimum atomic E-state index is 0.0207. The Morgan fingerprint density at radius 3 is 3.06 bits per heavy atom. The molecule has 2 N–H and O–H groups in total. The molecule has 1 fully saturated rings. The molecule has 0 aromatic carbocycles. The number of hydrogen-bond donors (Lipinski definition) is 1. The molecule has 0 aromatic rings. The van der Waals surface area contributed by atoms with Gasteiger partial charge in [-0.15, -0.1) is 0 Å². The molecular formula is C11H22N2O3. The Morgan fingerprint density at radius 1 is 1.62 bits per heavy atom. The number of likely N-dealkylation sites (N-methyl/N-ethyl adjacent to an activating group) is 1. The van der Waals surface area contributed by atoms with E-state index in [9.17, 15) is 4.79 Å². The van der Waals surface area contributed by atoms with Gasteiger partial charge in [-0.25, -0.2) is 0 Å². The minimum Gasteiger partial charge on any atom is -0.381 e. The highest BCUT2D eigenvalue weighted by Gasteiger charge is 2.16. The summed E-state index contributed by atoms with van der Waals surface area (Å²) in [6, 6.07) is 0. The number of nitrogens with two attached hydrogens (primary N) is 1. The highest BCUT2D eigenvalue weighted by Crippen LogP contribution is 2.12. The van der Waals surface area contributed by atoms with Crippen molar-refractivity contribution in [2.75, 3.05) is 46.6 Å². The summed E-state index contributed by atoms with van der Waals surface area (Å²) in [5.74, 6) is 0.481. The number of hydrogen-bond acceptors (Lipinski definition) is 4. The predicted molar refractivity (Wildman–Crippen MR) is 61.1 cm³/mol. The highest BCUT2D eigenvalue weighted by molar-refractivity contribution is 5.77. The first kappa shape index (κ1) is 13.4. The normalized spacial score (nSPS) is 20.0. The van der Waals surface area contributed by atoms with Crippen LogP contribution in [0, 0.1) is 5.92 Å². The lowest BCUT2D eigenvalue weighted by Gasteiger charge is -2.17. The Morgan fingerprint density at radius 2 is 2.44 bits per heavy atom. The second-order valence-corrected chi connectivity index (χ2v) is 4.20. The fourth-order valence-corrected chi connectivity index (χ4v) is 1.59. The lowest BCUT2D eigenvalue weighted by Crippen LogP contribution is -2.32. The smallest absolute Gasteiger partial charge is 0.248 e. The molecule has 0 saturated carbocycles. The minimum absolute atomic E-state index is 0.0207.